The second kappa shape index (κ2) is 10.6. The lowest BCUT2D eigenvalue weighted by atomic mass is 10.1. The molecule has 1 N–H and O–H groups in total. The van der Waals surface area contributed by atoms with E-state index in [-0.39, 0.29) is 6.42 Å². The Morgan fingerprint density at radius 3 is 2.27 bits per heavy atom. The summed E-state index contributed by atoms with van der Waals surface area (Å²) in [5, 5.41) is 9.89. The van der Waals surface area contributed by atoms with Crippen LogP contribution in [0.2, 0.25) is 0 Å². The molecule has 0 atom stereocenters. The molecule has 4 nitrogen and oxygen atoms in total. The van der Waals surface area contributed by atoms with Gasteiger partial charge in [0.15, 0.2) is 5.13 Å². The summed E-state index contributed by atoms with van der Waals surface area (Å²) in [5.41, 5.74) is 1.06. The average Bonchev–Trinajstić information content (AvgIpc) is 2.80. The highest BCUT2D eigenvalue weighted by Gasteiger charge is 2.13. The van der Waals surface area contributed by atoms with Gasteiger partial charge >= 0.3 is 5.97 Å². The van der Waals surface area contributed by atoms with Gasteiger partial charge in [0.25, 0.3) is 0 Å². The van der Waals surface area contributed by atoms with Crippen molar-refractivity contribution >= 4 is 22.4 Å². The summed E-state index contributed by atoms with van der Waals surface area (Å²) in [6, 6.07) is 0. The predicted molar refractivity (Wildman–Crippen MR) is 94.0 cm³/mol. The van der Waals surface area contributed by atoms with Crippen LogP contribution in [0.1, 0.15) is 68.9 Å². The number of unbranched alkanes of at least 4 members (excludes halogenated alkanes) is 6. The zero-order valence-electron chi connectivity index (χ0n) is 14.2. The van der Waals surface area contributed by atoms with Crippen LogP contribution in [0, 0.1) is 13.8 Å². The van der Waals surface area contributed by atoms with Gasteiger partial charge in [0.1, 0.15) is 0 Å². The Bertz CT molecular complexity index is 426. The molecule has 0 aliphatic heterocycles. The second-order valence-corrected chi connectivity index (χ2v) is 7.07. The summed E-state index contributed by atoms with van der Waals surface area (Å²) in [5.74, 6) is -0.741. The molecule has 1 heterocycles. The summed E-state index contributed by atoms with van der Waals surface area (Å²) in [7, 11) is 0. The summed E-state index contributed by atoms with van der Waals surface area (Å²) in [4.78, 5) is 18.8. The predicted octanol–water partition coefficient (Wildman–Crippen LogP) is 4.79. The monoisotopic (exact) mass is 326 g/mol. The smallest absolute Gasteiger partial charge is 0.305 e. The molecule has 1 aromatic rings. The highest BCUT2D eigenvalue weighted by Crippen LogP contribution is 2.25. The molecule has 0 bridgehead atoms. The maximum atomic E-state index is 10.8. The van der Waals surface area contributed by atoms with Gasteiger partial charge in [0.2, 0.25) is 0 Å². The second-order valence-electron chi connectivity index (χ2n) is 5.89. The highest BCUT2D eigenvalue weighted by molar-refractivity contribution is 7.15. The zero-order chi connectivity index (χ0) is 16.4. The Morgan fingerprint density at radius 1 is 1.09 bits per heavy atom. The van der Waals surface area contributed by atoms with E-state index in [1.807, 2.05) is 6.92 Å². The maximum Gasteiger partial charge on any atom is 0.305 e. The molecule has 0 aliphatic carbocycles. The molecule has 1 rings (SSSR count). The molecule has 0 unspecified atom stereocenters. The lowest BCUT2D eigenvalue weighted by molar-refractivity contribution is -0.136. The van der Waals surface area contributed by atoms with Crippen molar-refractivity contribution in [2.75, 3.05) is 18.0 Å². The van der Waals surface area contributed by atoms with Crippen molar-refractivity contribution in [3.63, 3.8) is 0 Å². The van der Waals surface area contributed by atoms with E-state index in [0.29, 0.717) is 6.54 Å². The van der Waals surface area contributed by atoms with E-state index in [2.05, 4.69) is 23.7 Å². The number of hydrogen-bond acceptors (Lipinski definition) is 4. The molecule has 126 valence electrons. The van der Waals surface area contributed by atoms with Gasteiger partial charge in [-0.3, -0.25) is 4.79 Å². The first kappa shape index (κ1) is 18.9. The minimum Gasteiger partial charge on any atom is -0.481 e. The number of carbonyl (C=O) groups is 1. The fourth-order valence-corrected chi connectivity index (χ4v) is 3.35. The minimum atomic E-state index is -0.741. The third-order valence-electron chi connectivity index (χ3n) is 3.91. The Balaban J connectivity index is 2.40. The van der Waals surface area contributed by atoms with Crippen LogP contribution < -0.4 is 4.90 Å². The van der Waals surface area contributed by atoms with Crippen molar-refractivity contribution in [1.82, 2.24) is 4.98 Å². The number of carboxylic acid groups (broad SMARTS) is 1. The van der Waals surface area contributed by atoms with Gasteiger partial charge in [0.05, 0.1) is 12.1 Å². The molecule has 0 aliphatic rings. The number of hydrogen-bond donors (Lipinski definition) is 1. The average molecular weight is 327 g/mol. The van der Waals surface area contributed by atoms with Crippen molar-refractivity contribution in [2.45, 2.75) is 72.1 Å². The van der Waals surface area contributed by atoms with Crippen LogP contribution in [-0.4, -0.2) is 29.1 Å². The number of aryl methyl sites for hydroxylation is 2. The highest BCUT2D eigenvalue weighted by atomic mass is 32.1. The molecule has 0 radical (unpaired) electrons. The van der Waals surface area contributed by atoms with Crippen molar-refractivity contribution in [2.24, 2.45) is 0 Å². The fourth-order valence-electron chi connectivity index (χ4n) is 2.38. The van der Waals surface area contributed by atoms with Crippen LogP contribution in [0.5, 0.6) is 0 Å². The van der Waals surface area contributed by atoms with Gasteiger partial charge in [-0.15, -0.1) is 11.3 Å². The fraction of sp³-hybridized carbons (Fsp3) is 0.765. The van der Waals surface area contributed by atoms with E-state index >= 15 is 0 Å². The van der Waals surface area contributed by atoms with Crippen molar-refractivity contribution < 1.29 is 9.90 Å². The first-order valence-electron chi connectivity index (χ1n) is 8.45. The number of aromatic nitrogens is 1. The van der Waals surface area contributed by atoms with Gasteiger partial charge < -0.3 is 10.0 Å². The Hall–Kier alpha value is -1.10. The van der Waals surface area contributed by atoms with Gasteiger partial charge in [-0.25, -0.2) is 4.98 Å². The van der Waals surface area contributed by atoms with Crippen molar-refractivity contribution in [3.05, 3.63) is 10.6 Å². The number of aliphatic carboxylic acids is 1. The number of thiazole rings is 1. The maximum absolute atomic E-state index is 10.8. The molecule has 1 aromatic heterocycles. The molecule has 22 heavy (non-hydrogen) atoms. The van der Waals surface area contributed by atoms with Gasteiger partial charge in [-0.05, 0) is 20.3 Å². The van der Waals surface area contributed by atoms with E-state index < -0.39 is 5.97 Å². The van der Waals surface area contributed by atoms with E-state index in [1.165, 1.54) is 43.4 Å². The van der Waals surface area contributed by atoms with Crippen molar-refractivity contribution in [1.29, 1.82) is 0 Å². The van der Waals surface area contributed by atoms with Crippen LogP contribution in [0.4, 0.5) is 5.13 Å². The van der Waals surface area contributed by atoms with Crippen LogP contribution >= 0.6 is 11.3 Å². The van der Waals surface area contributed by atoms with Gasteiger partial charge in [0, 0.05) is 18.0 Å². The molecular formula is C17H30N2O2S. The Labute approximate surface area is 138 Å². The third-order valence-corrected chi connectivity index (χ3v) is 5.05. The van der Waals surface area contributed by atoms with Crippen LogP contribution in [0.3, 0.4) is 0 Å². The molecule has 0 aromatic carbocycles. The first-order chi connectivity index (χ1) is 10.5. The molecule has 0 fully saturated rings. The topological polar surface area (TPSA) is 53.4 Å². The zero-order valence-corrected chi connectivity index (χ0v) is 15.0. The van der Waals surface area contributed by atoms with E-state index in [9.17, 15) is 4.79 Å². The van der Waals surface area contributed by atoms with Crippen molar-refractivity contribution in [3.8, 4) is 0 Å². The molecule has 0 saturated heterocycles. The largest absolute Gasteiger partial charge is 0.481 e. The number of rotatable bonds is 12. The summed E-state index contributed by atoms with van der Waals surface area (Å²) >= 11 is 1.67. The van der Waals surface area contributed by atoms with Crippen LogP contribution in [-0.2, 0) is 4.79 Å². The van der Waals surface area contributed by atoms with E-state index in [0.717, 1.165) is 23.8 Å². The number of nitrogens with zero attached hydrogens (tertiary/aromatic N) is 2. The lowest BCUT2D eigenvalue weighted by Gasteiger charge is -2.21. The summed E-state index contributed by atoms with van der Waals surface area (Å²) in [6.07, 6.45) is 9.06. The van der Waals surface area contributed by atoms with E-state index in [4.69, 9.17) is 5.11 Å². The molecular weight excluding hydrogens is 296 g/mol. The normalized spacial score (nSPS) is 10.9. The minimum absolute atomic E-state index is 0.175. The summed E-state index contributed by atoms with van der Waals surface area (Å²) < 4.78 is 0. The summed E-state index contributed by atoms with van der Waals surface area (Å²) in [6.45, 7) is 7.78. The van der Waals surface area contributed by atoms with Gasteiger partial charge in [-0.2, -0.15) is 0 Å². The third kappa shape index (κ3) is 7.25. The van der Waals surface area contributed by atoms with Crippen LogP contribution in [0.25, 0.3) is 0 Å². The SMILES string of the molecule is CCCCCCCCCN(CCC(=O)O)c1nc(C)c(C)s1. The quantitative estimate of drug-likeness (QED) is 0.561. The molecule has 5 heteroatoms. The number of anilines is 1. The van der Waals surface area contributed by atoms with Crippen LogP contribution in [0.15, 0.2) is 0 Å². The lowest BCUT2D eigenvalue weighted by Crippen LogP contribution is -2.27. The standard InChI is InChI=1S/C17H30N2O2S/c1-4-5-6-7-8-9-10-12-19(13-11-16(20)21)17-18-14(2)15(3)22-17/h4-13H2,1-3H3,(H,20,21). The van der Waals surface area contributed by atoms with E-state index in [1.54, 1.807) is 11.3 Å². The Morgan fingerprint density at radius 2 is 1.73 bits per heavy atom. The van der Waals surface area contributed by atoms with Gasteiger partial charge in [-0.1, -0.05) is 45.4 Å². The molecule has 0 spiro atoms. The number of carboxylic acids is 1. The first-order valence-corrected chi connectivity index (χ1v) is 9.27. The molecule has 0 saturated carbocycles. The Kier molecular flexibility index (Phi) is 9.13. The molecule has 0 amide bonds.